The molecule has 2 aromatic rings. The van der Waals surface area contributed by atoms with Crippen molar-refractivity contribution >= 4 is 17.0 Å². The Morgan fingerprint density at radius 3 is 2.68 bits per heavy atom. The van der Waals surface area contributed by atoms with E-state index < -0.39 is 0 Å². The van der Waals surface area contributed by atoms with Gasteiger partial charge in [-0.1, -0.05) is 46.1 Å². The molecule has 5 nitrogen and oxygen atoms in total. The van der Waals surface area contributed by atoms with Crippen molar-refractivity contribution in [3.05, 3.63) is 29.7 Å². The van der Waals surface area contributed by atoms with E-state index in [4.69, 9.17) is 15.1 Å². The van der Waals surface area contributed by atoms with Gasteiger partial charge in [0.15, 0.2) is 11.5 Å². The number of nitrogens with zero attached hydrogens (tertiary/aromatic N) is 1. The molecule has 1 aromatic carbocycles. The first-order valence-corrected chi connectivity index (χ1v) is 10.7. The third-order valence-corrected chi connectivity index (χ3v) is 5.98. The number of fused-ring (bicyclic) bond motifs is 1. The number of rotatable bonds is 7. The molecule has 0 spiro atoms. The van der Waals surface area contributed by atoms with Gasteiger partial charge in [-0.05, 0) is 54.3 Å². The van der Waals surface area contributed by atoms with Crippen molar-refractivity contribution in [2.24, 2.45) is 11.1 Å². The zero-order valence-corrected chi connectivity index (χ0v) is 17.6. The molecule has 1 fully saturated rings. The lowest BCUT2D eigenvalue weighted by Gasteiger charge is -2.36. The highest BCUT2D eigenvalue weighted by Gasteiger charge is 2.36. The molecule has 1 amide bonds. The summed E-state index contributed by atoms with van der Waals surface area (Å²) in [6.07, 6.45) is 7.81. The monoisotopic (exact) mass is 385 g/mol. The molecule has 3 N–H and O–H groups in total. The van der Waals surface area contributed by atoms with Gasteiger partial charge in [0.05, 0.1) is 0 Å². The van der Waals surface area contributed by atoms with Gasteiger partial charge in [0, 0.05) is 19.4 Å². The number of nitrogens with one attached hydrogen (secondary N) is 1. The SMILES string of the molecule is CC(C)(C)c1ccc2oc(CC3(CC(=O)NCCCN)CCCCC3)nc2c1. The maximum Gasteiger partial charge on any atom is 0.220 e. The molecule has 1 aliphatic rings. The molecular weight excluding hydrogens is 350 g/mol. The van der Waals surface area contributed by atoms with Crippen molar-refractivity contribution in [2.75, 3.05) is 13.1 Å². The highest BCUT2D eigenvalue weighted by atomic mass is 16.3. The van der Waals surface area contributed by atoms with Gasteiger partial charge in [-0.25, -0.2) is 4.98 Å². The van der Waals surface area contributed by atoms with Crippen molar-refractivity contribution in [1.29, 1.82) is 0 Å². The minimum absolute atomic E-state index is 0.0429. The lowest BCUT2D eigenvalue weighted by Crippen LogP contribution is -2.35. The van der Waals surface area contributed by atoms with E-state index in [9.17, 15) is 4.79 Å². The van der Waals surface area contributed by atoms with Crippen LogP contribution in [0.5, 0.6) is 0 Å². The second-order valence-electron chi connectivity index (χ2n) is 9.45. The average molecular weight is 386 g/mol. The summed E-state index contributed by atoms with van der Waals surface area (Å²) in [7, 11) is 0. The number of hydrogen-bond donors (Lipinski definition) is 2. The molecule has 0 aliphatic heterocycles. The van der Waals surface area contributed by atoms with Gasteiger partial charge in [-0.2, -0.15) is 0 Å². The highest BCUT2D eigenvalue weighted by molar-refractivity contribution is 5.77. The molecule has 1 saturated carbocycles. The Morgan fingerprint density at radius 1 is 1.25 bits per heavy atom. The summed E-state index contributed by atoms with van der Waals surface area (Å²) >= 11 is 0. The average Bonchev–Trinajstić information content (AvgIpc) is 3.02. The Bertz CT molecular complexity index is 798. The van der Waals surface area contributed by atoms with Crippen LogP contribution in [0.3, 0.4) is 0 Å². The Balaban J connectivity index is 1.77. The fraction of sp³-hybridized carbons (Fsp3) is 0.652. The van der Waals surface area contributed by atoms with Gasteiger partial charge in [-0.3, -0.25) is 4.79 Å². The highest BCUT2D eigenvalue weighted by Crippen LogP contribution is 2.42. The van der Waals surface area contributed by atoms with E-state index in [1.165, 1.54) is 24.8 Å². The van der Waals surface area contributed by atoms with Crippen molar-refractivity contribution in [2.45, 2.75) is 77.6 Å². The van der Waals surface area contributed by atoms with Crippen LogP contribution >= 0.6 is 0 Å². The third kappa shape index (κ3) is 5.13. The molecule has 0 radical (unpaired) electrons. The van der Waals surface area contributed by atoms with Gasteiger partial charge in [0.25, 0.3) is 0 Å². The Morgan fingerprint density at radius 2 is 2.00 bits per heavy atom. The lowest BCUT2D eigenvalue weighted by atomic mass is 9.69. The number of carbonyl (C=O) groups is 1. The zero-order chi connectivity index (χ0) is 20.2. The van der Waals surface area contributed by atoms with Crippen molar-refractivity contribution in [3.63, 3.8) is 0 Å². The second-order valence-corrected chi connectivity index (χ2v) is 9.45. The number of amides is 1. The smallest absolute Gasteiger partial charge is 0.220 e. The summed E-state index contributed by atoms with van der Waals surface area (Å²) in [4.78, 5) is 17.3. The van der Waals surface area contributed by atoms with Gasteiger partial charge in [0.1, 0.15) is 5.52 Å². The van der Waals surface area contributed by atoms with E-state index in [1.54, 1.807) is 0 Å². The maximum atomic E-state index is 12.5. The molecule has 0 saturated heterocycles. The molecular formula is C23H35N3O2. The first-order chi connectivity index (χ1) is 13.3. The summed E-state index contributed by atoms with van der Waals surface area (Å²) in [6.45, 7) is 7.87. The van der Waals surface area contributed by atoms with Crippen LogP contribution in [0.15, 0.2) is 22.6 Å². The first-order valence-electron chi connectivity index (χ1n) is 10.7. The van der Waals surface area contributed by atoms with Crippen LogP contribution in [0, 0.1) is 5.41 Å². The summed E-state index contributed by atoms with van der Waals surface area (Å²) in [5.41, 5.74) is 8.58. The zero-order valence-electron chi connectivity index (χ0n) is 17.6. The van der Waals surface area contributed by atoms with Crippen molar-refractivity contribution in [1.82, 2.24) is 10.3 Å². The van der Waals surface area contributed by atoms with Crippen molar-refractivity contribution in [3.8, 4) is 0 Å². The molecule has 28 heavy (non-hydrogen) atoms. The topological polar surface area (TPSA) is 81.2 Å². The van der Waals surface area contributed by atoms with Crippen molar-refractivity contribution < 1.29 is 9.21 Å². The van der Waals surface area contributed by atoms with Gasteiger partial charge in [0.2, 0.25) is 5.91 Å². The predicted octanol–water partition coefficient (Wildman–Crippen LogP) is 4.47. The molecule has 3 rings (SSSR count). The minimum Gasteiger partial charge on any atom is -0.441 e. The van der Waals surface area contributed by atoms with Crippen LogP contribution in [0.1, 0.15) is 77.2 Å². The first kappa shape index (κ1) is 20.8. The quantitative estimate of drug-likeness (QED) is 0.689. The summed E-state index contributed by atoms with van der Waals surface area (Å²) in [6, 6.07) is 6.29. The standard InChI is InChI=1S/C23H35N3O2/c1-22(2,3)17-8-9-19-18(14-17)26-21(28-19)16-23(10-5-4-6-11-23)15-20(27)25-13-7-12-24/h8-9,14H,4-7,10-13,15-16,24H2,1-3H3,(H,25,27). The predicted molar refractivity (Wildman–Crippen MR) is 113 cm³/mol. The second kappa shape index (κ2) is 8.64. The Labute approximate surface area is 168 Å². The fourth-order valence-electron chi connectivity index (χ4n) is 4.29. The van der Waals surface area contributed by atoms with E-state index in [0.29, 0.717) is 19.5 Å². The number of oxazole rings is 1. The molecule has 1 aromatic heterocycles. The molecule has 0 unspecified atom stereocenters. The van der Waals surface area contributed by atoms with E-state index >= 15 is 0 Å². The molecule has 0 atom stereocenters. The van der Waals surface area contributed by atoms with E-state index in [2.05, 4.69) is 38.2 Å². The van der Waals surface area contributed by atoms with Crippen LogP contribution < -0.4 is 11.1 Å². The van der Waals surface area contributed by atoms with E-state index in [1.807, 2.05) is 6.07 Å². The molecule has 154 valence electrons. The third-order valence-electron chi connectivity index (χ3n) is 5.98. The largest absolute Gasteiger partial charge is 0.441 e. The van der Waals surface area contributed by atoms with Crippen LogP contribution in [0.4, 0.5) is 0 Å². The fourth-order valence-corrected chi connectivity index (χ4v) is 4.29. The Hall–Kier alpha value is -1.88. The number of nitrogens with two attached hydrogens (primary N) is 1. The van der Waals surface area contributed by atoms with Crippen LogP contribution in [-0.4, -0.2) is 24.0 Å². The van der Waals surface area contributed by atoms with Gasteiger partial charge >= 0.3 is 0 Å². The number of carbonyl (C=O) groups excluding carboxylic acids is 1. The van der Waals surface area contributed by atoms with Crippen LogP contribution in [0.25, 0.3) is 11.1 Å². The van der Waals surface area contributed by atoms with Gasteiger partial charge < -0.3 is 15.5 Å². The number of aromatic nitrogens is 1. The molecule has 0 bridgehead atoms. The van der Waals surface area contributed by atoms with Crippen LogP contribution in [0.2, 0.25) is 0 Å². The summed E-state index contributed by atoms with van der Waals surface area (Å²) < 4.78 is 6.08. The number of benzene rings is 1. The molecule has 1 heterocycles. The molecule has 5 heteroatoms. The Kier molecular flexibility index (Phi) is 6.43. The van der Waals surface area contributed by atoms with Crippen LogP contribution in [-0.2, 0) is 16.6 Å². The minimum atomic E-state index is -0.0429. The summed E-state index contributed by atoms with van der Waals surface area (Å²) in [5, 5.41) is 3.02. The van der Waals surface area contributed by atoms with E-state index in [0.717, 1.165) is 42.7 Å². The van der Waals surface area contributed by atoms with Gasteiger partial charge in [-0.15, -0.1) is 0 Å². The summed E-state index contributed by atoms with van der Waals surface area (Å²) in [5.74, 6) is 0.888. The van der Waals surface area contributed by atoms with E-state index in [-0.39, 0.29) is 16.7 Å². The molecule has 1 aliphatic carbocycles. The normalized spacial score (nSPS) is 17.0. The lowest BCUT2D eigenvalue weighted by molar-refractivity contribution is -0.124. The number of hydrogen-bond acceptors (Lipinski definition) is 4. The maximum absolute atomic E-state index is 12.5.